The minimum absolute atomic E-state index is 0.195. The Morgan fingerprint density at radius 3 is 2.54 bits per heavy atom. The molecule has 2 N–H and O–H groups in total. The van der Waals surface area contributed by atoms with Crippen LogP contribution >= 0.6 is 0 Å². The lowest BCUT2D eigenvalue weighted by Gasteiger charge is -2.49. The van der Waals surface area contributed by atoms with Crippen LogP contribution in [-0.2, 0) is 4.79 Å². The summed E-state index contributed by atoms with van der Waals surface area (Å²) in [7, 11) is 0. The molecule has 3 rings (SSSR count). The minimum atomic E-state index is -0.676. The third-order valence-electron chi connectivity index (χ3n) is 3.87. The van der Waals surface area contributed by atoms with Crippen LogP contribution in [0.5, 0.6) is 0 Å². The maximum atomic E-state index is 10.9. The summed E-state index contributed by atoms with van der Waals surface area (Å²) in [4.78, 5) is 10.9. The molecule has 2 bridgehead atoms. The Hall–Kier alpha value is -0.570. The Morgan fingerprint density at radius 1 is 1.46 bits per heavy atom. The molecule has 0 aromatic heterocycles. The van der Waals surface area contributed by atoms with Crippen molar-refractivity contribution in [2.24, 2.45) is 17.8 Å². The molecule has 13 heavy (non-hydrogen) atoms. The van der Waals surface area contributed by atoms with E-state index in [9.17, 15) is 9.90 Å². The van der Waals surface area contributed by atoms with Gasteiger partial charge < -0.3 is 10.2 Å². The van der Waals surface area contributed by atoms with Gasteiger partial charge in [0.1, 0.15) is 0 Å². The van der Waals surface area contributed by atoms with Crippen LogP contribution in [0.25, 0.3) is 0 Å². The van der Waals surface area contributed by atoms with Gasteiger partial charge in [0, 0.05) is 0 Å². The zero-order valence-electron chi connectivity index (χ0n) is 7.86. The first kappa shape index (κ1) is 9.00. The van der Waals surface area contributed by atoms with Gasteiger partial charge in [0.05, 0.1) is 11.5 Å². The van der Waals surface area contributed by atoms with Crippen molar-refractivity contribution in [3.8, 4) is 0 Å². The van der Waals surface area contributed by atoms with Crippen LogP contribution in [0.3, 0.4) is 0 Å². The Labute approximate surface area is 77.8 Å². The van der Waals surface area contributed by atoms with Crippen LogP contribution in [0.4, 0.5) is 0 Å². The molecule has 74 valence electrons. The Morgan fingerprint density at radius 2 is 2.15 bits per heavy atom. The van der Waals surface area contributed by atoms with E-state index in [0.29, 0.717) is 12.8 Å². The smallest absolute Gasteiger partial charge is 0.306 e. The summed E-state index contributed by atoms with van der Waals surface area (Å²) in [6.45, 7) is 1.85. The predicted octanol–water partition coefficient (Wildman–Crippen LogP) is 1.26. The highest BCUT2D eigenvalue weighted by atomic mass is 16.4. The molecule has 3 aliphatic carbocycles. The molecule has 3 aliphatic rings. The second-order valence-corrected chi connectivity index (χ2v) is 4.78. The van der Waals surface area contributed by atoms with Crippen LogP contribution in [-0.4, -0.2) is 21.8 Å². The molecule has 0 saturated heterocycles. The third-order valence-corrected chi connectivity index (χ3v) is 3.87. The summed E-state index contributed by atoms with van der Waals surface area (Å²) in [6.07, 6.45) is 3.33. The van der Waals surface area contributed by atoms with E-state index in [1.165, 1.54) is 0 Å². The van der Waals surface area contributed by atoms with E-state index in [1.807, 2.05) is 6.92 Å². The third kappa shape index (κ3) is 1.35. The second kappa shape index (κ2) is 2.71. The largest absolute Gasteiger partial charge is 0.481 e. The van der Waals surface area contributed by atoms with Crippen molar-refractivity contribution >= 4 is 5.97 Å². The van der Waals surface area contributed by atoms with Crippen LogP contribution in [0.1, 0.15) is 32.6 Å². The molecule has 0 aromatic carbocycles. The number of hydrogen-bond acceptors (Lipinski definition) is 2. The Bertz CT molecular complexity index is 234. The molecular formula is C10H16O3. The van der Waals surface area contributed by atoms with Crippen LogP contribution < -0.4 is 0 Å². The van der Waals surface area contributed by atoms with Crippen molar-refractivity contribution < 1.29 is 15.0 Å². The fraction of sp³-hybridized carbons (Fsp3) is 0.900. The predicted molar refractivity (Wildman–Crippen MR) is 47.2 cm³/mol. The van der Waals surface area contributed by atoms with Crippen molar-refractivity contribution in [2.75, 3.05) is 0 Å². The number of aliphatic hydroxyl groups is 1. The average molecular weight is 184 g/mol. The lowest BCUT2D eigenvalue weighted by atomic mass is 9.58. The molecule has 0 radical (unpaired) electrons. The molecule has 3 saturated carbocycles. The maximum absolute atomic E-state index is 10.9. The summed E-state index contributed by atoms with van der Waals surface area (Å²) in [5.74, 6) is -0.458. The van der Waals surface area contributed by atoms with E-state index in [4.69, 9.17) is 5.11 Å². The molecule has 4 atom stereocenters. The molecule has 0 heterocycles. The molecule has 0 spiro atoms. The molecule has 3 nitrogen and oxygen atoms in total. The van der Waals surface area contributed by atoms with Gasteiger partial charge in [0.15, 0.2) is 0 Å². The van der Waals surface area contributed by atoms with E-state index in [2.05, 4.69) is 0 Å². The van der Waals surface area contributed by atoms with E-state index in [-0.39, 0.29) is 17.8 Å². The van der Waals surface area contributed by atoms with Gasteiger partial charge in [0.2, 0.25) is 0 Å². The van der Waals surface area contributed by atoms with Gasteiger partial charge in [-0.15, -0.1) is 0 Å². The van der Waals surface area contributed by atoms with E-state index < -0.39 is 11.6 Å². The maximum Gasteiger partial charge on any atom is 0.306 e. The number of carboxylic acid groups (broad SMARTS) is 1. The fourth-order valence-corrected chi connectivity index (χ4v) is 3.04. The highest BCUT2D eigenvalue weighted by Gasteiger charge is 2.49. The van der Waals surface area contributed by atoms with Gasteiger partial charge in [-0.1, -0.05) is 0 Å². The number of carbonyl (C=O) groups is 1. The zero-order valence-corrected chi connectivity index (χ0v) is 7.86. The van der Waals surface area contributed by atoms with Crippen molar-refractivity contribution in [2.45, 2.75) is 38.2 Å². The molecule has 0 aromatic rings. The standard InChI is InChI=1S/C10H16O3/c1-10(13)5-6-2-3-7(10)4-8(6)9(11)12/h6-8,13H,2-5H2,1H3,(H,11,12). The van der Waals surface area contributed by atoms with Gasteiger partial charge in [-0.05, 0) is 44.4 Å². The minimum Gasteiger partial charge on any atom is -0.481 e. The monoisotopic (exact) mass is 184 g/mol. The first-order valence-electron chi connectivity index (χ1n) is 4.96. The van der Waals surface area contributed by atoms with Gasteiger partial charge in [-0.2, -0.15) is 0 Å². The quantitative estimate of drug-likeness (QED) is 0.645. The van der Waals surface area contributed by atoms with Crippen LogP contribution in [0.2, 0.25) is 0 Å². The van der Waals surface area contributed by atoms with E-state index in [1.54, 1.807) is 0 Å². The second-order valence-electron chi connectivity index (χ2n) is 4.78. The molecule has 3 heteroatoms. The summed E-state index contributed by atoms with van der Waals surface area (Å²) in [5.41, 5.74) is -0.602. The number of aliphatic carboxylic acids is 1. The highest BCUT2D eigenvalue weighted by molar-refractivity contribution is 5.70. The molecule has 3 fully saturated rings. The van der Waals surface area contributed by atoms with Gasteiger partial charge in [0.25, 0.3) is 0 Å². The molecule has 0 aliphatic heterocycles. The molecule has 0 amide bonds. The molecule has 4 unspecified atom stereocenters. The van der Waals surface area contributed by atoms with E-state index in [0.717, 1.165) is 12.8 Å². The normalized spacial score (nSPS) is 49.2. The average Bonchev–Trinajstić information content (AvgIpc) is 2.02. The Balaban J connectivity index is 2.16. The lowest BCUT2D eigenvalue weighted by Crippen LogP contribution is -2.50. The van der Waals surface area contributed by atoms with Gasteiger partial charge in [-0.3, -0.25) is 4.79 Å². The first-order chi connectivity index (χ1) is 6.00. The number of rotatable bonds is 1. The summed E-state index contributed by atoms with van der Waals surface area (Å²) < 4.78 is 0. The molecular weight excluding hydrogens is 168 g/mol. The van der Waals surface area contributed by atoms with Crippen molar-refractivity contribution in [3.05, 3.63) is 0 Å². The van der Waals surface area contributed by atoms with Crippen LogP contribution in [0.15, 0.2) is 0 Å². The lowest BCUT2D eigenvalue weighted by molar-refractivity contribution is -0.158. The fourth-order valence-electron chi connectivity index (χ4n) is 3.04. The highest BCUT2D eigenvalue weighted by Crippen LogP contribution is 2.50. The van der Waals surface area contributed by atoms with Crippen molar-refractivity contribution in [1.82, 2.24) is 0 Å². The van der Waals surface area contributed by atoms with Crippen molar-refractivity contribution in [3.63, 3.8) is 0 Å². The van der Waals surface area contributed by atoms with Gasteiger partial charge in [-0.25, -0.2) is 0 Å². The SMILES string of the molecule is CC1(O)CC2CCC1CC2C(=O)O. The van der Waals surface area contributed by atoms with Crippen molar-refractivity contribution in [1.29, 1.82) is 0 Å². The summed E-state index contributed by atoms with van der Waals surface area (Å²) in [5, 5.41) is 18.9. The summed E-state index contributed by atoms with van der Waals surface area (Å²) >= 11 is 0. The van der Waals surface area contributed by atoms with Crippen LogP contribution in [0, 0.1) is 17.8 Å². The number of fused-ring (bicyclic) bond motifs is 3. The number of hydrogen-bond donors (Lipinski definition) is 2. The van der Waals surface area contributed by atoms with E-state index >= 15 is 0 Å². The van der Waals surface area contributed by atoms with Gasteiger partial charge >= 0.3 is 5.97 Å². The Kier molecular flexibility index (Phi) is 1.88. The first-order valence-corrected chi connectivity index (χ1v) is 4.96. The topological polar surface area (TPSA) is 57.5 Å². The summed E-state index contributed by atoms with van der Waals surface area (Å²) in [6, 6.07) is 0. The number of carboxylic acids is 1. The zero-order chi connectivity index (χ0) is 9.64.